The Bertz CT molecular complexity index is 2320. The molecule has 68 heavy (non-hydrogen) atoms. The molecule has 3 aromatic carbocycles. The van der Waals surface area contributed by atoms with Gasteiger partial charge in [0, 0.05) is 31.5 Å². The van der Waals surface area contributed by atoms with E-state index in [9.17, 15) is 28.8 Å². The van der Waals surface area contributed by atoms with Gasteiger partial charge >= 0.3 is 0 Å². The zero-order chi connectivity index (χ0) is 46.7. The minimum atomic E-state index is -0.978. The van der Waals surface area contributed by atoms with Crippen LogP contribution in [0, 0.1) is 11.8 Å². The summed E-state index contributed by atoms with van der Waals surface area (Å²) in [5.41, 5.74) is 6.17. The molecule has 6 N–H and O–H groups in total. The Balaban J connectivity index is 0.00000432. The van der Waals surface area contributed by atoms with Gasteiger partial charge in [-0.3, -0.25) is 28.8 Å². The molecule has 366 valence electrons. The number of nitrogens with zero attached hydrogens (tertiary/aromatic N) is 2. The fourth-order valence-corrected chi connectivity index (χ4v) is 9.82. The summed E-state index contributed by atoms with van der Waals surface area (Å²) in [6, 6.07) is 19.2. The van der Waals surface area contributed by atoms with Crippen LogP contribution in [0.25, 0.3) is 0 Å². The number of carbonyl (C=O) groups is 6. The Hall–Kier alpha value is -5.46. The van der Waals surface area contributed by atoms with Crippen LogP contribution in [-0.2, 0) is 48.0 Å². The third-order valence-electron chi connectivity index (χ3n) is 13.9. The molecule has 2 fully saturated rings. The molecule has 2 saturated heterocycles. The van der Waals surface area contributed by atoms with Crippen molar-refractivity contribution in [3.63, 3.8) is 0 Å². The molecule has 0 aromatic heterocycles. The smallest absolute Gasteiger partial charge is 0.246 e. The van der Waals surface area contributed by atoms with Crippen LogP contribution in [0.3, 0.4) is 0 Å². The molecule has 6 amide bonds. The summed E-state index contributed by atoms with van der Waals surface area (Å²) in [7, 11) is 3.35. The molecule has 4 aliphatic rings. The van der Waals surface area contributed by atoms with Crippen LogP contribution in [0.4, 0.5) is 0 Å². The van der Waals surface area contributed by atoms with Gasteiger partial charge < -0.3 is 41.7 Å². The molecule has 14 nitrogen and oxygen atoms in total. The first kappa shape index (κ1) is 53.5. The molecule has 7 rings (SSSR count). The lowest BCUT2D eigenvalue weighted by atomic mass is 9.87. The van der Waals surface area contributed by atoms with E-state index in [0.717, 1.165) is 55.2 Å². The largest absolute Gasteiger partial charge is 0.347 e. The summed E-state index contributed by atoms with van der Waals surface area (Å²) >= 11 is 0. The van der Waals surface area contributed by atoms with E-state index >= 15 is 0 Å². The van der Waals surface area contributed by atoms with E-state index in [4.69, 9.17) is 0 Å². The number of aryl methyl sites for hydroxylation is 2. The molecular formula is C52H68Cl2N8O6. The zero-order valence-corrected chi connectivity index (χ0v) is 41.2. The lowest BCUT2D eigenvalue weighted by Crippen LogP contribution is -2.56. The maximum atomic E-state index is 14.4. The van der Waals surface area contributed by atoms with Gasteiger partial charge in [-0.05, 0) is 132 Å². The molecule has 2 aliphatic heterocycles. The second kappa shape index (κ2) is 25.2. The highest BCUT2D eigenvalue weighted by molar-refractivity contribution is 5.95. The number of likely N-dealkylation sites (tertiary alicyclic amines) is 2. The van der Waals surface area contributed by atoms with Gasteiger partial charge in [-0.1, -0.05) is 72.5 Å². The fraction of sp³-hybridized carbons (Fsp3) is 0.500. The maximum absolute atomic E-state index is 14.4. The average molecular weight is 972 g/mol. The Morgan fingerprint density at radius 2 is 1.06 bits per heavy atom. The molecule has 3 aromatic rings. The van der Waals surface area contributed by atoms with E-state index in [2.05, 4.69) is 68.0 Å². The van der Waals surface area contributed by atoms with E-state index in [1.807, 2.05) is 48.5 Å². The Kier molecular flexibility index (Phi) is 19.9. The molecule has 16 heteroatoms. The summed E-state index contributed by atoms with van der Waals surface area (Å²) in [6.07, 6.45) is 8.22. The number of hydrogen-bond donors (Lipinski definition) is 6. The number of nitrogens with one attached hydrogen (secondary N) is 6. The number of benzene rings is 3. The van der Waals surface area contributed by atoms with Crippen molar-refractivity contribution in [2.24, 2.45) is 0 Å². The van der Waals surface area contributed by atoms with Crippen LogP contribution in [0.5, 0.6) is 0 Å². The first-order valence-corrected chi connectivity index (χ1v) is 23.9. The number of fused-ring (bicyclic) bond motifs is 2. The summed E-state index contributed by atoms with van der Waals surface area (Å²) in [4.78, 5) is 85.8. The van der Waals surface area contributed by atoms with Crippen molar-refractivity contribution in [2.75, 3.05) is 27.2 Å². The number of rotatable bonds is 15. The highest BCUT2D eigenvalue weighted by Gasteiger charge is 2.40. The lowest BCUT2D eigenvalue weighted by molar-refractivity contribution is -0.141. The third kappa shape index (κ3) is 13.0. The van der Waals surface area contributed by atoms with Crippen molar-refractivity contribution in [1.29, 1.82) is 0 Å². The van der Waals surface area contributed by atoms with Crippen molar-refractivity contribution < 1.29 is 28.8 Å². The second-order valence-electron chi connectivity index (χ2n) is 18.2. The average Bonchev–Trinajstić information content (AvgIpc) is 4.05. The van der Waals surface area contributed by atoms with Crippen LogP contribution < -0.4 is 31.9 Å². The lowest BCUT2D eigenvalue weighted by Gasteiger charge is -2.32. The SMILES string of the molecule is CN[C@@H](C)C(=O)N[C@@H](CC#Cc1ccc(C[C@H](NC(=O)[C@H](C)NC)C(=O)N2CCC[C@H]2C(=O)N[C@@H]2CCCc3ccccc32)cc1)C(=O)N1CCC[C@H]1C(=O)N[C@@H]1CCCc2ccccc21.Cl.Cl. The minimum absolute atomic E-state index is 0. The van der Waals surface area contributed by atoms with Crippen molar-refractivity contribution in [3.8, 4) is 11.8 Å². The van der Waals surface area contributed by atoms with Crippen molar-refractivity contribution in [2.45, 2.75) is 139 Å². The number of halogens is 2. The third-order valence-corrected chi connectivity index (χ3v) is 13.9. The number of carbonyl (C=O) groups excluding carboxylic acids is 6. The first-order chi connectivity index (χ1) is 31.9. The highest BCUT2D eigenvalue weighted by atomic mass is 35.5. The topological polar surface area (TPSA) is 181 Å². The maximum Gasteiger partial charge on any atom is 0.246 e. The quantitative estimate of drug-likeness (QED) is 0.122. The van der Waals surface area contributed by atoms with E-state index in [0.29, 0.717) is 44.3 Å². The predicted molar refractivity (Wildman–Crippen MR) is 267 cm³/mol. The Morgan fingerprint density at radius 1 is 0.603 bits per heavy atom. The van der Waals surface area contributed by atoms with Gasteiger partial charge in [0.1, 0.15) is 24.2 Å². The van der Waals surface area contributed by atoms with Crippen molar-refractivity contribution in [1.82, 2.24) is 41.7 Å². The van der Waals surface area contributed by atoms with Gasteiger partial charge in [0.15, 0.2) is 0 Å². The first-order valence-electron chi connectivity index (χ1n) is 23.9. The molecule has 0 saturated carbocycles. The summed E-state index contributed by atoms with van der Waals surface area (Å²) in [6.45, 7) is 4.25. The van der Waals surface area contributed by atoms with Crippen molar-refractivity contribution in [3.05, 3.63) is 106 Å². The molecule has 0 unspecified atom stereocenters. The number of amides is 6. The minimum Gasteiger partial charge on any atom is -0.347 e. The number of likely N-dealkylation sites (N-methyl/N-ethyl adjacent to an activating group) is 2. The van der Waals surface area contributed by atoms with E-state index in [1.165, 1.54) is 11.1 Å². The van der Waals surface area contributed by atoms with E-state index in [-0.39, 0.29) is 85.2 Å². The van der Waals surface area contributed by atoms with Crippen LogP contribution in [0.15, 0.2) is 72.8 Å². The molecule has 0 spiro atoms. The summed E-state index contributed by atoms with van der Waals surface area (Å²) in [5.74, 6) is 4.55. The Morgan fingerprint density at radius 3 is 1.54 bits per heavy atom. The molecule has 2 aliphatic carbocycles. The van der Waals surface area contributed by atoms with Gasteiger partial charge in [-0.2, -0.15) is 0 Å². The van der Waals surface area contributed by atoms with E-state index in [1.54, 1.807) is 37.7 Å². The standard InChI is InChI=1S/C52H66N8O6.2ClH/c1-33(53-3)47(61)57-43(51(65)59-30-12-24-45(59)49(63)55-41-21-10-17-37-15-5-7-19-39(37)41)23-9-14-35-26-28-36(29-27-35)32-44(58-48(62)34(2)54-4)52(66)60-31-13-25-46(60)50(64)56-42-22-11-18-38-16-6-8-20-40(38)42;;/h5-8,15-16,19-20,26-29,33-34,41-46,53-54H,10-13,17-18,21-25,30-32H2,1-4H3,(H,55,63)(H,56,64)(H,57,61)(H,58,62);2*1H/t33-,34-,41+,42+,43-,44-,45-,46-;;/m0../s1. The molecule has 8 atom stereocenters. The second-order valence-corrected chi connectivity index (χ2v) is 18.2. The molecular weight excluding hydrogens is 904 g/mol. The van der Waals surface area contributed by atoms with Gasteiger partial charge in [0.05, 0.1) is 24.2 Å². The molecule has 2 heterocycles. The van der Waals surface area contributed by atoms with Crippen LogP contribution in [0.1, 0.15) is 117 Å². The highest BCUT2D eigenvalue weighted by Crippen LogP contribution is 2.32. The van der Waals surface area contributed by atoms with E-state index < -0.39 is 36.3 Å². The van der Waals surface area contributed by atoms with Gasteiger partial charge in [0.2, 0.25) is 35.4 Å². The predicted octanol–water partition coefficient (Wildman–Crippen LogP) is 4.37. The summed E-state index contributed by atoms with van der Waals surface area (Å²) in [5, 5.41) is 18.2. The van der Waals surface area contributed by atoms with Crippen LogP contribution in [0.2, 0.25) is 0 Å². The normalized spacial score (nSPS) is 21.1. The number of hydrogen-bond acceptors (Lipinski definition) is 8. The van der Waals surface area contributed by atoms with Crippen LogP contribution >= 0.6 is 24.8 Å². The van der Waals surface area contributed by atoms with Crippen molar-refractivity contribution >= 4 is 60.3 Å². The van der Waals surface area contributed by atoms with Gasteiger partial charge in [-0.25, -0.2) is 0 Å². The van der Waals surface area contributed by atoms with Gasteiger partial charge in [0.25, 0.3) is 0 Å². The summed E-state index contributed by atoms with van der Waals surface area (Å²) < 4.78 is 0. The molecule has 0 radical (unpaired) electrons. The monoisotopic (exact) mass is 970 g/mol. The fourth-order valence-electron chi connectivity index (χ4n) is 9.82. The zero-order valence-electron chi connectivity index (χ0n) is 39.6. The van der Waals surface area contributed by atoms with Crippen LogP contribution in [-0.4, -0.2) is 109 Å². The molecule has 0 bridgehead atoms. The Labute approximate surface area is 413 Å². The van der Waals surface area contributed by atoms with Gasteiger partial charge in [-0.15, -0.1) is 24.8 Å².